The van der Waals surface area contributed by atoms with Gasteiger partial charge in [0.05, 0.1) is 11.4 Å². The molecule has 3 aromatic rings. The number of hydrogen-bond donors (Lipinski definition) is 1. The number of halogens is 3. The van der Waals surface area contributed by atoms with Gasteiger partial charge in [-0.1, -0.05) is 6.07 Å². The third-order valence-corrected chi connectivity index (χ3v) is 5.21. The van der Waals surface area contributed by atoms with Crippen LogP contribution in [0.25, 0.3) is 11.3 Å². The summed E-state index contributed by atoms with van der Waals surface area (Å²) < 4.78 is 31.7. The van der Waals surface area contributed by atoms with Gasteiger partial charge in [-0.25, -0.2) is 14.8 Å². The Balaban J connectivity index is 0.000000318. The summed E-state index contributed by atoms with van der Waals surface area (Å²) in [4.78, 5) is 24.9. The molecule has 0 bridgehead atoms. The first-order valence-electron chi connectivity index (χ1n) is 9.12. The molecule has 6 nitrogen and oxygen atoms in total. The summed E-state index contributed by atoms with van der Waals surface area (Å²) in [5.74, 6) is -2.76. The van der Waals surface area contributed by atoms with Crippen LogP contribution in [0.3, 0.4) is 0 Å². The van der Waals surface area contributed by atoms with Gasteiger partial charge in [-0.2, -0.15) is 24.5 Å². The Hall–Kier alpha value is -2.85. The van der Waals surface area contributed by atoms with E-state index in [4.69, 9.17) is 9.90 Å². The Morgan fingerprint density at radius 1 is 1.13 bits per heavy atom. The van der Waals surface area contributed by atoms with Crippen LogP contribution in [0, 0.1) is 0 Å². The number of carbonyl (C=O) groups is 1. The molecule has 4 heterocycles. The molecule has 158 valence electrons. The van der Waals surface area contributed by atoms with E-state index in [1.165, 1.54) is 16.8 Å². The number of thiophene rings is 1. The highest BCUT2D eigenvalue weighted by Crippen LogP contribution is 2.27. The second-order valence-corrected chi connectivity index (χ2v) is 7.34. The Bertz CT molecular complexity index is 966. The van der Waals surface area contributed by atoms with Crippen molar-refractivity contribution in [2.24, 2.45) is 0 Å². The van der Waals surface area contributed by atoms with E-state index in [1.54, 1.807) is 17.7 Å². The largest absolute Gasteiger partial charge is 0.490 e. The summed E-state index contributed by atoms with van der Waals surface area (Å²) >= 11 is 1.71. The number of fused-ring (bicyclic) bond motifs is 1. The lowest BCUT2D eigenvalue weighted by atomic mass is 10.0. The average molecular weight is 436 g/mol. The second kappa shape index (κ2) is 9.77. The van der Waals surface area contributed by atoms with Crippen LogP contribution in [0.4, 0.5) is 13.2 Å². The Kier molecular flexibility index (Phi) is 7.11. The molecule has 0 fully saturated rings. The molecule has 0 saturated carbocycles. The number of pyridine rings is 1. The molecular formula is C20H19F3N4O2S. The van der Waals surface area contributed by atoms with Gasteiger partial charge in [0.1, 0.15) is 6.33 Å². The number of aliphatic carboxylic acids is 1. The van der Waals surface area contributed by atoms with Crippen LogP contribution in [-0.4, -0.2) is 50.2 Å². The Morgan fingerprint density at radius 2 is 1.90 bits per heavy atom. The first-order chi connectivity index (χ1) is 14.3. The third kappa shape index (κ3) is 5.83. The molecular weight excluding hydrogens is 417 g/mol. The predicted octanol–water partition coefficient (Wildman–Crippen LogP) is 3.83. The standard InChI is InChI=1S/C18H18N4S.C2HF3O2/c1-2-7-19-15(3-1)11-22-8-4-16-17(5-9-22)20-13-21-18(16)14-6-10-23-12-14;3-2(4,5)1(6)7/h1-3,6-7,10,12-13H,4-5,8-9,11H2;(H,6,7). The topological polar surface area (TPSA) is 79.2 Å². The van der Waals surface area contributed by atoms with Crippen LogP contribution in [0.5, 0.6) is 0 Å². The van der Waals surface area contributed by atoms with Crippen molar-refractivity contribution in [3.05, 3.63) is 64.5 Å². The number of alkyl halides is 3. The summed E-state index contributed by atoms with van der Waals surface area (Å²) in [6.45, 7) is 2.94. The summed E-state index contributed by atoms with van der Waals surface area (Å²) in [5, 5.41) is 11.4. The van der Waals surface area contributed by atoms with Crippen LogP contribution in [0.1, 0.15) is 17.0 Å². The zero-order chi connectivity index (χ0) is 21.6. The molecule has 0 atom stereocenters. The highest BCUT2D eigenvalue weighted by atomic mass is 32.1. The Morgan fingerprint density at radius 3 is 2.53 bits per heavy atom. The smallest absolute Gasteiger partial charge is 0.475 e. The van der Waals surface area contributed by atoms with Crippen LogP contribution < -0.4 is 0 Å². The molecule has 0 unspecified atom stereocenters. The van der Waals surface area contributed by atoms with E-state index < -0.39 is 12.1 Å². The molecule has 0 radical (unpaired) electrons. The molecule has 4 rings (SSSR count). The maximum absolute atomic E-state index is 10.6. The predicted molar refractivity (Wildman–Crippen MR) is 106 cm³/mol. The van der Waals surface area contributed by atoms with Crippen molar-refractivity contribution in [2.75, 3.05) is 13.1 Å². The summed E-state index contributed by atoms with van der Waals surface area (Å²) in [5.41, 5.74) is 5.96. The highest BCUT2D eigenvalue weighted by Gasteiger charge is 2.38. The van der Waals surface area contributed by atoms with Crippen LogP contribution >= 0.6 is 11.3 Å². The lowest BCUT2D eigenvalue weighted by Gasteiger charge is -2.18. The lowest BCUT2D eigenvalue weighted by Crippen LogP contribution is -2.26. The number of carboxylic acid groups (broad SMARTS) is 1. The van der Waals surface area contributed by atoms with Crippen LogP contribution in [0.15, 0.2) is 47.5 Å². The normalized spacial score (nSPS) is 14.2. The van der Waals surface area contributed by atoms with E-state index in [2.05, 4.69) is 48.8 Å². The number of carboxylic acids is 1. The monoisotopic (exact) mass is 436 g/mol. The zero-order valence-corrected chi connectivity index (χ0v) is 16.7. The lowest BCUT2D eigenvalue weighted by molar-refractivity contribution is -0.192. The van der Waals surface area contributed by atoms with E-state index in [9.17, 15) is 13.2 Å². The van der Waals surface area contributed by atoms with Crippen molar-refractivity contribution in [3.63, 3.8) is 0 Å². The summed E-state index contributed by atoms with van der Waals surface area (Å²) in [6.07, 6.45) is 0.457. The maximum atomic E-state index is 10.6. The third-order valence-electron chi connectivity index (χ3n) is 4.53. The van der Waals surface area contributed by atoms with E-state index in [-0.39, 0.29) is 0 Å². The fourth-order valence-corrected chi connectivity index (χ4v) is 3.74. The molecule has 0 saturated heterocycles. The molecule has 0 spiro atoms. The summed E-state index contributed by atoms with van der Waals surface area (Å²) in [6, 6.07) is 8.25. The minimum Gasteiger partial charge on any atom is -0.475 e. The van der Waals surface area contributed by atoms with E-state index in [1.807, 2.05) is 12.3 Å². The SMILES string of the molecule is O=C(O)C(F)(F)F.c1ccc(CN2CCc3ncnc(-c4ccsc4)c3CC2)nc1. The van der Waals surface area contributed by atoms with Crippen molar-refractivity contribution in [3.8, 4) is 11.3 Å². The molecule has 0 aromatic carbocycles. The molecule has 1 aliphatic heterocycles. The summed E-state index contributed by atoms with van der Waals surface area (Å²) in [7, 11) is 0. The molecule has 1 aliphatic rings. The van der Waals surface area contributed by atoms with Gasteiger partial charge < -0.3 is 5.11 Å². The van der Waals surface area contributed by atoms with Gasteiger partial charge in [0.15, 0.2) is 0 Å². The number of aromatic nitrogens is 3. The fourth-order valence-electron chi connectivity index (χ4n) is 3.10. The van der Waals surface area contributed by atoms with E-state index in [0.29, 0.717) is 0 Å². The molecule has 3 aromatic heterocycles. The second-order valence-electron chi connectivity index (χ2n) is 6.56. The average Bonchev–Trinajstić information content (AvgIpc) is 3.17. The van der Waals surface area contributed by atoms with Crippen molar-refractivity contribution in [1.29, 1.82) is 0 Å². The van der Waals surface area contributed by atoms with Crippen molar-refractivity contribution in [2.45, 2.75) is 25.6 Å². The zero-order valence-electron chi connectivity index (χ0n) is 15.8. The van der Waals surface area contributed by atoms with Gasteiger partial charge in [-0.15, -0.1) is 0 Å². The van der Waals surface area contributed by atoms with Crippen molar-refractivity contribution < 1.29 is 23.1 Å². The van der Waals surface area contributed by atoms with E-state index >= 15 is 0 Å². The van der Waals surface area contributed by atoms with E-state index in [0.717, 1.165) is 43.9 Å². The van der Waals surface area contributed by atoms with Gasteiger partial charge in [0.2, 0.25) is 0 Å². The first-order valence-corrected chi connectivity index (χ1v) is 10.1. The van der Waals surface area contributed by atoms with Gasteiger partial charge in [0.25, 0.3) is 0 Å². The quantitative estimate of drug-likeness (QED) is 0.672. The van der Waals surface area contributed by atoms with Crippen molar-refractivity contribution >= 4 is 17.3 Å². The molecule has 1 N–H and O–H groups in total. The number of nitrogens with zero attached hydrogens (tertiary/aromatic N) is 4. The first kappa shape index (κ1) is 21.8. The minimum atomic E-state index is -5.08. The number of hydrogen-bond acceptors (Lipinski definition) is 6. The van der Waals surface area contributed by atoms with Crippen LogP contribution in [0.2, 0.25) is 0 Å². The fraction of sp³-hybridized carbons (Fsp3) is 0.300. The molecule has 30 heavy (non-hydrogen) atoms. The molecule has 0 amide bonds. The Labute approximate surface area is 175 Å². The molecule has 0 aliphatic carbocycles. The number of rotatable bonds is 3. The maximum Gasteiger partial charge on any atom is 0.490 e. The minimum absolute atomic E-state index is 0.899. The highest BCUT2D eigenvalue weighted by molar-refractivity contribution is 7.08. The van der Waals surface area contributed by atoms with Gasteiger partial charge in [-0.05, 0) is 30.0 Å². The van der Waals surface area contributed by atoms with Crippen LogP contribution in [-0.2, 0) is 24.2 Å². The van der Waals surface area contributed by atoms with Gasteiger partial charge in [0, 0.05) is 54.5 Å². The van der Waals surface area contributed by atoms with Gasteiger partial charge >= 0.3 is 12.1 Å². The van der Waals surface area contributed by atoms with Gasteiger partial charge in [-0.3, -0.25) is 9.88 Å². The van der Waals surface area contributed by atoms with Crippen molar-refractivity contribution in [1.82, 2.24) is 19.9 Å². The molecule has 10 heteroatoms.